The Bertz CT molecular complexity index is 218. The zero-order chi connectivity index (χ0) is 11.4. The molecule has 0 unspecified atom stereocenters. The van der Waals surface area contributed by atoms with E-state index in [9.17, 15) is 9.59 Å². The number of carbonyl (C=O) groups is 2. The molecule has 0 fully saturated rings. The minimum absolute atomic E-state index is 0.123. The van der Waals surface area contributed by atoms with E-state index < -0.39 is 17.5 Å². The second-order valence-corrected chi connectivity index (χ2v) is 5.28. The molecule has 0 aromatic carbocycles. The van der Waals surface area contributed by atoms with Gasteiger partial charge in [-0.1, -0.05) is 18.7 Å². The van der Waals surface area contributed by atoms with Crippen molar-refractivity contribution in [3.63, 3.8) is 0 Å². The monoisotopic (exact) mass is 218 g/mol. The van der Waals surface area contributed by atoms with Crippen molar-refractivity contribution in [2.75, 3.05) is 5.75 Å². The summed E-state index contributed by atoms with van der Waals surface area (Å²) >= 11 is 1.15. The molecule has 0 saturated heterocycles. The van der Waals surface area contributed by atoms with Crippen LogP contribution in [-0.4, -0.2) is 22.4 Å². The Hall–Kier alpha value is -0.510. The van der Waals surface area contributed by atoms with E-state index in [1.165, 1.54) is 0 Å². The molecule has 0 heterocycles. The summed E-state index contributed by atoms with van der Waals surface area (Å²) in [5.74, 6) is -0.422. The third-order valence-electron chi connectivity index (χ3n) is 1.40. The summed E-state index contributed by atoms with van der Waals surface area (Å²) in [6, 6.07) is 0. The maximum absolute atomic E-state index is 11.4. The minimum Gasteiger partial charge on any atom is -0.459 e. The van der Waals surface area contributed by atoms with Crippen molar-refractivity contribution in [3.05, 3.63) is 0 Å². The van der Waals surface area contributed by atoms with E-state index in [0.717, 1.165) is 11.8 Å². The van der Waals surface area contributed by atoms with Gasteiger partial charge in [0.05, 0.1) is 0 Å². The van der Waals surface area contributed by atoms with Crippen molar-refractivity contribution in [2.24, 2.45) is 5.92 Å². The number of thioether (sulfide) groups is 1. The summed E-state index contributed by atoms with van der Waals surface area (Å²) in [5, 5.41) is -0.123. The molecular formula is C10H18O3S. The maximum Gasteiger partial charge on any atom is 0.317 e. The fourth-order valence-corrected chi connectivity index (χ4v) is 1.38. The molecule has 0 N–H and O–H groups in total. The largest absolute Gasteiger partial charge is 0.459 e. The Kier molecular flexibility index (Phi) is 5.19. The highest BCUT2D eigenvalue weighted by Crippen LogP contribution is 2.16. The smallest absolute Gasteiger partial charge is 0.317 e. The highest BCUT2D eigenvalue weighted by Gasteiger charge is 2.26. The molecule has 0 aliphatic heterocycles. The lowest BCUT2D eigenvalue weighted by Crippen LogP contribution is -2.30. The highest BCUT2D eigenvalue weighted by atomic mass is 32.2. The third kappa shape index (κ3) is 5.27. The molecule has 0 saturated carbocycles. The Morgan fingerprint density at radius 3 is 2.21 bits per heavy atom. The lowest BCUT2D eigenvalue weighted by atomic mass is 10.1. The lowest BCUT2D eigenvalue weighted by Gasteiger charge is -2.21. The van der Waals surface area contributed by atoms with Crippen LogP contribution < -0.4 is 0 Å². The van der Waals surface area contributed by atoms with Gasteiger partial charge in [-0.3, -0.25) is 9.59 Å². The Morgan fingerprint density at radius 1 is 1.36 bits per heavy atom. The van der Waals surface area contributed by atoms with Crippen molar-refractivity contribution >= 4 is 22.8 Å². The number of hydrogen-bond acceptors (Lipinski definition) is 4. The zero-order valence-corrected chi connectivity index (χ0v) is 10.2. The van der Waals surface area contributed by atoms with E-state index >= 15 is 0 Å². The van der Waals surface area contributed by atoms with E-state index in [1.807, 2.05) is 6.92 Å². The number of ether oxygens (including phenoxy) is 1. The van der Waals surface area contributed by atoms with Crippen LogP contribution in [-0.2, 0) is 14.3 Å². The fraction of sp³-hybridized carbons (Fsp3) is 0.800. The summed E-state index contributed by atoms with van der Waals surface area (Å²) in [7, 11) is 0. The van der Waals surface area contributed by atoms with E-state index in [0.29, 0.717) is 5.75 Å². The molecule has 0 aliphatic carbocycles. The molecular weight excluding hydrogens is 200 g/mol. The molecule has 1 atom stereocenters. The first-order valence-corrected chi connectivity index (χ1v) is 5.66. The van der Waals surface area contributed by atoms with Crippen LogP contribution in [0.1, 0.15) is 34.6 Å². The SMILES string of the molecule is CCSC(=O)[C@@H](C)C(=O)OC(C)(C)C. The molecule has 0 radical (unpaired) electrons. The number of carbonyl (C=O) groups excluding carboxylic acids is 2. The van der Waals surface area contributed by atoms with Crippen LogP contribution in [0.4, 0.5) is 0 Å². The van der Waals surface area contributed by atoms with Crippen LogP contribution in [0.25, 0.3) is 0 Å². The topological polar surface area (TPSA) is 43.4 Å². The molecule has 3 nitrogen and oxygen atoms in total. The van der Waals surface area contributed by atoms with Gasteiger partial charge >= 0.3 is 5.97 Å². The molecule has 0 aromatic heterocycles. The Balaban J connectivity index is 4.19. The molecule has 0 rings (SSSR count). The van der Waals surface area contributed by atoms with Gasteiger partial charge in [0.15, 0.2) is 0 Å². The first-order valence-electron chi connectivity index (χ1n) is 4.67. The normalized spacial score (nSPS) is 13.5. The van der Waals surface area contributed by atoms with Crippen molar-refractivity contribution in [2.45, 2.75) is 40.2 Å². The fourth-order valence-electron chi connectivity index (χ4n) is 0.754. The lowest BCUT2D eigenvalue weighted by molar-refractivity contribution is -0.160. The van der Waals surface area contributed by atoms with Crippen LogP contribution in [0.5, 0.6) is 0 Å². The Morgan fingerprint density at radius 2 is 1.86 bits per heavy atom. The van der Waals surface area contributed by atoms with Crippen molar-refractivity contribution < 1.29 is 14.3 Å². The predicted octanol–water partition coefficient (Wildman–Crippen LogP) is 2.24. The van der Waals surface area contributed by atoms with E-state index in [2.05, 4.69) is 0 Å². The van der Waals surface area contributed by atoms with Crippen LogP contribution in [0.2, 0.25) is 0 Å². The van der Waals surface area contributed by atoms with Gasteiger partial charge in [0.1, 0.15) is 11.5 Å². The third-order valence-corrected chi connectivity index (χ3v) is 2.33. The van der Waals surface area contributed by atoms with Gasteiger partial charge in [0.25, 0.3) is 0 Å². The van der Waals surface area contributed by atoms with Gasteiger partial charge in [-0.05, 0) is 33.4 Å². The molecule has 0 spiro atoms. The first kappa shape index (κ1) is 13.5. The first-order chi connectivity index (χ1) is 6.28. The van der Waals surface area contributed by atoms with Crippen molar-refractivity contribution in [3.8, 4) is 0 Å². The average molecular weight is 218 g/mol. The van der Waals surface area contributed by atoms with Gasteiger partial charge in [-0.15, -0.1) is 0 Å². The summed E-state index contributed by atoms with van der Waals surface area (Å²) in [6.07, 6.45) is 0. The average Bonchev–Trinajstić information content (AvgIpc) is 2.00. The zero-order valence-electron chi connectivity index (χ0n) is 9.42. The molecule has 0 aromatic rings. The quantitative estimate of drug-likeness (QED) is 0.538. The van der Waals surface area contributed by atoms with Crippen LogP contribution in [0, 0.1) is 5.92 Å². The van der Waals surface area contributed by atoms with E-state index in [4.69, 9.17) is 4.74 Å². The molecule has 14 heavy (non-hydrogen) atoms. The second kappa shape index (κ2) is 5.39. The summed E-state index contributed by atoms with van der Waals surface area (Å²) in [5.41, 5.74) is -0.525. The van der Waals surface area contributed by atoms with Crippen molar-refractivity contribution in [1.82, 2.24) is 0 Å². The van der Waals surface area contributed by atoms with Gasteiger partial charge < -0.3 is 4.74 Å². The second-order valence-electron chi connectivity index (χ2n) is 4.01. The predicted molar refractivity (Wildman–Crippen MR) is 58.1 cm³/mol. The number of rotatable bonds is 3. The maximum atomic E-state index is 11.4. The van der Waals surface area contributed by atoms with Gasteiger partial charge in [0, 0.05) is 0 Å². The molecule has 0 aliphatic rings. The molecule has 4 heteroatoms. The van der Waals surface area contributed by atoms with Crippen LogP contribution in [0.3, 0.4) is 0 Å². The van der Waals surface area contributed by atoms with Gasteiger partial charge in [0.2, 0.25) is 5.12 Å². The van der Waals surface area contributed by atoms with Crippen LogP contribution in [0.15, 0.2) is 0 Å². The molecule has 0 amide bonds. The molecule has 82 valence electrons. The molecule has 0 bridgehead atoms. The van der Waals surface area contributed by atoms with Gasteiger partial charge in [-0.25, -0.2) is 0 Å². The number of esters is 1. The van der Waals surface area contributed by atoms with Crippen LogP contribution >= 0.6 is 11.8 Å². The number of hydrogen-bond donors (Lipinski definition) is 0. The summed E-state index contributed by atoms with van der Waals surface area (Å²) in [4.78, 5) is 22.8. The Labute approximate surface area is 89.6 Å². The van der Waals surface area contributed by atoms with Crippen molar-refractivity contribution in [1.29, 1.82) is 0 Å². The van der Waals surface area contributed by atoms with E-state index in [1.54, 1.807) is 27.7 Å². The highest BCUT2D eigenvalue weighted by molar-refractivity contribution is 8.13. The minimum atomic E-state index is -0.667. The van der Waals surface area contributed by atoms with Gasteiger partial charge in [-0.2, -0.15) is 0 Å². The summed E-state index contributed by atoms with van der Waals surface area (Å²) in [6.45, 7) is 8.82. The van der Waals surface area contributed by atoms with E-state index in [-0.39, 0.29) is 5.12 Å². The standard InChI is InChI=1S/C10H18O3S/c1-6-14-9(12)7(2)8(11)13-10(3,4)5/h7H,6H2,1-5H3/t7-/m0/s1. The summed E-state index contributed by atoms with van der Waals surface area (Å²) < 4.78 is 5.09.